The standard InChI is InChI=1S/C28H36F3N5O3/c29-28(30,31)21-14-24-17-34(10-11-36(24)27(38)15-21)19-26(37)33-25-18-35(23-5-3-12-39-13-8-23)16-20(25)6-7-22-4-1-2-9-32-22/h1-2,4,9,14-15,20,23,25H,3,5-8,10-13,16-19H2,(H,33,37)/t20-,23?,25?/m0/s1. The van der Waals surface area contributed by atoms with Gasteiger partial charge in [0.1, 0.15) is 0 Å². The molecule has 2 aromatic rings. The first-order valence-corrected chi connectivity index (χ1v) is 13.8. The van der Waals surface area contributed by atoms with E-state index in [1.54, 1.807) is 6.20 Å². The van der Waals surface area contributed by atoms with Gasteiger partial charge < -0.3 is 14.6 Å². The van der Waals surface area contributed by atoms with Crippen molar-refractivity contribution in [3.8, 4) is 0 Å². The van der Waals surface area contributed by atoms with Crippen LogP contribution in [0.1, 0.15) is 42.6 Å². The van der Waals surface area contributed by atoms with Crippen molar-refractivity contribution in [1.82, 2.24) is 24.7 Å². The molecular formula is C28H36F3N5O3. The Morgan fingerprint density at radius 2 is 2.00 bits per heavy atom. The Morgan fingerprint density at radius 3 is 2.79 bits per heavy atom. The molecule has 3 aliphatic heterocycles. The van der Waals surface area contributed by atoms with Crippen molar-refractivity contribution < 1.29 is 22.7 Å². The highest BCUT2D eigenvalue weighted by molar-refractivity contribution is 5.78. The van der Waals surface area contributed by atoms with Crippen molar-refractivity contribution in [2.75, 3.05) is 39.4 Å². The topological polar surface area (TPSA) is 79.7 Å². The van der Waals surface area contributed by atoms with Crippen LogP contribution in [-0.2, 0) is 35.2 Å². The molecule has 2 saturated heterocycles. The molecule has 0 aromatic carbocycles. The number of hydrogen-bond acceptors (Lipinski definition) is 6. The summed E-state index contributed by atoms with van der Waals surface area (Å²) in [6.07, 6.45) is 2.05. The first-order chi connectivity index (χ1) is 18.8. The third-order valence-corrected chi connectivity index (χ3v) is 8.18. The molecule has 11 heteroatoms. The number of ether oxygens (including phenoxy) is 1. The summed E-state index contributed by atoms with van der Waals surface area (Å²) in [6.45, 7) is 4.11. The molecule has 8 nitrogen and oxygen atoms in total. The highest BCUT2D eigenvalue weighted by atomic mass is 19.4. The van der Waals surface area contributed by atoms with Gasteiger partial charge in [-0.15, -0.1) is 0 Å². The van der Waals surface area contributed by atoms with Crippen LogP contribution in [0, 0.1) is 5.92 Å². The Labute approximate surface area is 226 Å². The van der Waals surface area contributed by atoms with Crippen LogP contribution < -0.4 is 10.9 Å². The van der Waals surface area contributed by atoms with Crippen LogP contribution in [0.2, 0.25) is 0 Å². The number of halogens is 3. The molecule has 0 aliphatic carbocycles. The van der Waals surface area contributed by atoms with Gasteiger partial charge in [0.2, 0.25) is 5.91 Å². The number of likely N-dealkylation sites (tertiary alicyclic amines) is 1. The summed E-state index contributed by atoms with van der Waals surface area (Å²) in [5.74, 6) is 0.131. The average molecular weight is 548 g/mol. The number of aryl methyl sites for hydroxylation is 1. The molecule has 2 aromatic heterocycles. The Morgan fingerprint density at radius 1 is 1.13 bits per heavy atom. The number of nitrogens with one attached hydrogen (secondary N) is 1. The summed E-state index contributed by atoms with van der Waals surface area (Å²) in [5, 5.41) is 3.25. The lowest BCUT2D eigenvalue weighted by Gasteiger charge is -2.30. The minimum absolute atomic E-state index is 0.0121. The van der Waals surface area contributed by atoms with E-state index in [1.807, 2.05) is 23.1 Å². The maximum Gasteiger partial charge on any atom is 0.416 e. The van der Waals surface area contributed by atoms with Gasteiger partial charge in [0, 0.05) is 81.7 Å². The summed E-state index contributed by atoms with van der Waals surface area (Å²) in [4.78, 5) is 34.1. The molecular weight excluding hydrogens is 511 g/mol. The van der Waals surface area contributed by atoms with E-state index in [1.165, 1.54) is 4.57 Å². The van der Waals surface area contributed by atoms with Crippen LogP contribution >= 0.6 is 0 Å². The number of aromatic nitrogens is 2. The van der Waals surface area contributed by atoms with Crippen LogP contribution in [-0.4, -0.2) is 76.7 Å². The lowest BCUT2D eigenvalue weighted by molar-refractivity contribution is -0.138. The average Bonchev–Trinajstić information content (AvgIpc) is 3.10. The predicted octanol–water partition coefficient (Wildman–Crippen LogP) is 2.70. The van der Waals surface area contributed by atoms with Gasteiger partial charge in [-0.3, -0.25) is 24.4 Å². The molecule has 1 amide bonds. The minimum atomic E-state index is -4.59. The second-order valence-corrected chi connectivity index (χ2v) is 10.9. The van der Waals surface area contributed by atoms with E-state index < -0.39 is 17.3 Å². The third-order valence-electron chi connectivity index (χ3n) is 8.18. The van der Waals surface area contributed by atoms with E-state index in [9.17, 15) is 22.8 Å². The molecule has 5 heterocycles. The van der Waals surface area contributed by atoms with Crippen LogP contribution in [0.15, 0.2) is 41.3 Å². The van der Waals surface area contributed by atoms with Crippen molar-refractivity contribution >= 4 is 5.91 Å². The highest BCUT2D eigenvalue weighted by Crippen LogP contribution is 2.30. The van der Waals surface area contributed by atoms with Crippen LogP contribution in [0.3, 0.4) is 0 Å². The van der Waals surface area contributed by atoms with Gasteiger partial charge in [0.15, 0.2) is 0 Å². The number of carbonyl (C=O) groups excluding carboxylic acids is 1. The molecule has 39 heavy (non-hydrogen) atoms. The number of alkyl halides is 3. The van der Waals surface area contributed by atoms with E-state index in [0.717, 1.165) is 70.2 Å². The molecule has 212 valence electrons. The van der Waals surface area contributed by atoms with Crippen molar-refractivity contribution in [1.29, 1.82) is 0 Å². The zero-order chi connectivity index (χ0) is 27.4. The largest absolute Gasteiger partial charge is 0.416 e. The quantitative estimate of drug-likeness (QED) is 0.575. The van der Waals surface area contributed by atoms with Crippen LogP contribution in [0.5, 0.6) is 0 Å². The Hall–Kier alpha value is -2.76. The van der Waals surface area contributed by atoms with Crippen molar-refractivity contribution in [2.45, 2.75) is 63.5 Å². The van der Waals surface area contributed by atoms with Gasteiger partial charge in [0.05, 0.1) is 12.1 Å². The lowest BCUT2D eigenvalue weighted by atomic mass is 9.96. The van der Waals surface area contributed by atoms with Gasteiger partial charge in [-0.2, -0.15) is 13.2 Å². The molecule has 0 saturated carbocycles. The Bertz CT molecular complexity index is 1180. The summed E-state index contributed by atoms with van der Waals surface area (Å²) in [5.41, 5.74) is -0.292. The van der Waals surface area contributed by atoms with Crippen molar-refractivity contribution in [2.24, 2.45) is 5.92 Å². The third kappa shape index (κ3) is 7.06. The number of amides is 1. The second kappa shape index (κ2) is 12.2. The van der Waals surface area contributed by atoms with E-state index in [2.05, 4.69) is 15.2 Å². The van der Waals surface area contributed by atoms with Gasteiger partial charge in [-0.05, 0) is 56.2 Å². The maximum atomic E-state index is 13.2. The van der Waals surface area contributed by atoms with Gasteiger partial charge in [0.25, 0.3) is 5.56 Å². The number of hydrogen-bond donors (Lipinski definition) is 1. The van der Waals surface area contributed by atoms with Gasteiger partial charge >= 0.3 is 6.18 Å². The zero-order valence-corrected chi connectivity index (χ0v) is 22.0. The fourth-order valence-electron chi connectivity index (χ4n) is 6.13. The number of nitrogens with zero attached hydrogens (tertiary/aromatic N) is 4. The highest BCUT2D eigenvalue weighted by Gasteiger charge is 2.37. The van der Waals surface area contributed by atoms with E-state index in [-0.39, 0.29) is 43.2 Å². The monoisotopic (exact) mass is 547 g/mol. The summed E-state index contributed by atoms with van der Waals surface area (Å²) in [6, 6.07) is 7.99. The summed E-state index contributed by atoms with van der Waals surface area (Å²) in [7, 11) is 0. The number of pyridine rings is 2. The minimum Gasteiger partial charge on any atom is -0.381 e. The Kier molecular flexibility index (Phi) is 8.68. The van der Waals surface area contributed by atoms with Gasteiger partial charge in [-0.1, -0.05) is 6.07 Å². The molecule has 2 fully saturated rings. The molecule has 0 bridgehead atoms. The van der Waals surface area contributed by atoms with Gasteiger partial charge in [-0.25, -0.2) is 0 Å². The first kappa shape index (κ1) is 27.8. The van der Waals surface area contributed by atoms with Crippen LogP contribution in [0.4, 0.5) is 13.2 Å². The Balaban J connectivity index is 1.22. The van der Waals surface area contributed by atoms with Crippen molar-refractivity contribution in [3.05, 3.63) is 63.8 Å². The molecule has 5 rings (SSSR count). The number of rotatable bonds is 7. The molecule has 1 N–H and O–H groups in total. The molecule has 3 aliphatic rings. The number of carbonyl (C=O) groups is 1. The SMILES string of the molecule is O=C(CN1CCn2c(cc(C(F)(F)F)cc2=O)C1)NC1CN(C2CCCOCC2)C[C@@H]1CCc1ccccn1. The number of fused-ring (bicyclic) bond motifs is 1. The molecule has 0 spiro atoms. The normalized spacial score (nSPS) is 24.7. The molecule has 2 unspecified atom stereocenters. The van der Waals surface area contributed by atoms with Crippen LogP contribution in [0.25, 0.3) is 0 Å². The maximum absolute atomic E-state index is 13.2. The van der Waals surface area contributed by atoms with E-state index in [4.69, 9.17) is 4.74 Å². The summed E-state index contributed by atoms with van der Waals surface area (Å²) >= 11 is 0. The fraction of sp³-hybridized carbons (Fsp3) is 0.607. The second-order valence-electron chi connectivity index (χ2n) is 10.9. The molecule has 0 radical (unpaired) electrons. The predicted molar refractivity (Wildman–Crippen MR) is 139 cm³/mol. The van der Waals surface area contributed by atoms with E-state index >= 15 is 0 Å². The smallest absolute Gasteiger partial charge is 0.381 e. The first-order valence-electron chi connectivity index (χ1n) is 13.8. The fourth-order valence-corrected chi connectivity index (χ4v) is 6.13. The van der Waals surface area contributed by atoms with Crippen molar-refractivity contribution in [3.63, 3.8) is 0 Å². The summed E-state index contributed by atoms with van der Waals surface area (Å²) < 4.78 is 46.7. The van der Waals surface area contributed by atoms with E-state index in [0.29, 0.717) is 18.7 Å². The molecule has 3 atom stereocenters. The zero-order valence-electron chi connectivity index (χ0n) is 22.0. The lowest BCUT2D eigenvalue weighted by Crippen LogP contribution is -2.48.